The van der Waals surface area contributed by atoms with E-state index in [0.717, 1.165) is 0 Å². The van der Waals surface area contributed by atoms with E-state index in [1.54, 1.807) is 0 Å². The SMILES string of the molecule is O=COc1ccc(C2(c3ccccc3)CCCCC2)cc1. The Hall–Kier alpha value is -2.09. The molecule has 0 heterocycles. The second-order valence-electron chi connectivity index (χ2n) is 5.75. The molecular weight excluding hydrogens is 260 g/mol. The van der Waals surface area contributed by atoms with Crippen LogP contribution in [0.15, 0.2) is 54.6 Å². The topological polar surface area (TPSA) is 26.3 Å². The zero-order chi connectivity index (χ0) is 14.5. The maximum absolute atomic E-state index is 10.4. The lowest BCUT2D eigenvalue weighted by Crippen LogP contribution is -2.30. The molecule has 108 valence electrons. The summed E-state index contributed by atoms with van der Waals surface area (Å²) in [7, 11) is 0. The Morgan fingerprint density at radius 3 is 2.05 bits per heavy atom. The maximum Gasteiger partial charge on any atom is 0.298 e. The first-order chi connectivity index (χ1) is 10.3. The molecular formula is C19H20O2. The smallest absolute Gasteiger partial charge is 0.298 e. The van der Waals surface area contributed by atoms with Gasteiger partial charge in [-0.25, -0.2) is 0 Å². The van der Waals surface area contributed by atoms with Crippen molar-refractivity contribution in [1.82, 2.24) is 0 Å². The normalized spacial score (nSPS) is 17.1. The molecule has 0 bridgehead atoms. The average molecular weight is 280 g/mol. The Morgan fingerprint density at radius 1 is 0.810 bits per heavy atom. The van der Waals surface area contributed by atoms with Crippen molar-refractivity contribution < 1.29 is 9.53 Å². The summed E-state index contributed by atoms with van der Waals surface area (Å²) in [5.41, 5.74) is 2.83. The van der Waals surface area contributed by atoms with Gasteiger partial charge >= 0.3 is 0 Å². The van der Waals surface area contributed by atoms with Gasteiger partial charge in [-0.1, -0.05) is 61.7 Å². The molecule has 0 amide bonds. The lowest BCUT2D eigenvalue weighted by Gasteiger charge is -2.38. The van der Waals surface area contributed by atoms with Gasteiger partial charge < -0.3 is 4.74 Å². The molecule has 3 rings (SSSR count). The van der Waals surface area contributed by atoms with Crippen LogP contribution in [0.3, 0.4) is 0 Å². The lowest BCUT2D eigenvalue weighted by molar-refractivity contribution is -0.120. The van der Waals surface area contributed by atoms with Crippen molar-refractivity contribution in [2.24, 2.45) is 0 Å². The van der Waals surface area contributed by atoms with Crippen LogP contribution in [0.2, 0.25) is 0 Å². The number of carbonyl (C=O) groups is 1. The second kappa shape index (κ2) is 6.13. The van der Waals surface area contributed by atoms with Gasteiger partial charge in [0.2, 0.25) is 0 Å². The second-order valence-corrected chi connectivity index (χ2v) is 5.75. The maximum atomic E-state index is 10.4. The van der Waals surface area contributed by atoms with Gasteiger partial charge in [0.1, 0.15) is 5.75 Å². The third kappa shape index (κ3) is 2.71. The molecule has 1 aliphatic rings. The van der Waals surface area contributed by atoms with Gasteiger partial charge in [-0.05, 0) is 36.1 Å². The molecule has 2 aromatic rings. The van der Waals surface area contributed by atoms with Gasteiger partial charge in [-0.2, -0.15) is 0 Å². The van der Waals surface area contributed by atoms with Crippen LogP contribution in [-0.2, 0) is 10.2 Å². The van der Waals surface area contributed by atoms with Crippen LogP contribution < -0.4 is 4.74 Å². The van der Waals surface area contributed by atoms with E-state index in [2.05, 4.69) is 42.5 Å². The zero-order valence-electron chi connectivity index (χ0n) is 12.1. The quantitative estimate of drug-likeness (QED) is 0.772. The summed E-state index contributed by atoms with van der Waals surface area (Å²) in [5.74, 6) is 0.604. The van der Waals surface area contributed by atoms with Gasteiger partial charge in [-0.15, -0.1) is 0 Å². The van der Waals surface area contributed by atoms with Crippen LogP contribution in [-0.4, -0.2) is 6.47 Å². The molecule has 0 unspecified atom stereocenters. The average Bonchev–Trinajstić information content (AvgIpc) is 2.57. The van der Waals surface area contributed by atoms with E-state index in [-0.39, 0.29) is 5.41 Å². The molecule has 0 aromatic heterocycles. The zero-order valence-corrected chi connectivity index (χ0v) is 12.1. The highest BCUT2D eigenvalue weighted by Gasteiger charge is 2.35. The van der Waals surface area contributed by atoms with Gasteiger partial charge in [0, 0.05) is 5.41 Å². The molecule has 21 heavy (non-hydrogen) atoms. The molecule has 2 aromatic carbocycles. The Labute approximate surface area is 125 Å². The highest BCUT2D eigenvalue weighted by atomic mass is 16.5. The van der Waals surface area contributed by atoms with Crippen molar-refractivity contribution in [3.05, 3.63) is 65.7 Å². The van der Waals surface area contributed by atoms with Crippen LogP contribution >= 0.6 is 0 Å². The minimum atomic E-state index is 0.110. The van der Waals surface area contributed by atoms with Crippen LogP contribution in [0, 0.1) is 0 Å². The van der Waals surface area contributed by atoms with E-state index in [4.69, 9.17) is 4.74 Å². The number of hydrogen-bond donors (Lipinski definition) is 0. The molecule has 0 aliphatic heterocycles. The van der Waals surface area contributed by atoms with Gasteiger partial charge in [0.15, 0.2) is 0 Å². The first-order valence-electron chi connectivity index (χ1n) is 7.61. The van der Waals surface area contributed by atoms with Crippen molar-refractivity contribution in [3.8, 4) is 5.75 Å². The fourth-order valence-electron chi connectivity index (χ4n) is 3.56. The first-order valence-corrected chi connectivity index (χ1v) is 7.61. The highest BCUT2D eigenvalue weighted by molar-refractivity contribution is 5.47. The van der Waals surface area contributed by atoms with Crippen LogP contribution in [0.25, 0.3) is 0 Å². The van der Waals surface area contributed by atoms with Gasteiger partial charge in [-0.3, -0.25) is 4.79 Å². The minimum Gasteiger partial charge on any atom is -0.429 e. The van der Waals surface area contributed by atoms with E-state index in [1.807, 2.05) is 12.1 Å². The van der Waals surface area contributed by atoms with Crippen molar-refractivity contribution in [2.45, 2.75) is 37.5 Å². The summed E-state index contributed by atoms with van der Waals surface area (Å²) in [6.45, 7) is 0.475. The van der Waals surface area contributed by atoms with Crippen LogP contribution in [0.5, 0.6) is 5.75 Å². The Bertz CT molecular complexity index is 581. The fraction of sp³-hybridized carbons (Fsp3) is 0.316. The summed E-state index contributed by atoms with van der Waals surface area (Å²) >= 11 is 0. The predicted octanol–water partition coefficient (Wildman–Crippen LogP) is 4.47. The van der Waals surface area contributed by atoms with Gasteiger partial charge in [0.25, 0.3) is 6.47 Å². The van der Waals surface area contributed by atoms with E-state index in [9.17, 15) is 4.79 Å². The third-order valence-electron chi connectivity index (χ3n) is 4.62. The number of hydrogen-bond acceptors (Lipinski definition) is 2. The number of benzene rings is 2. The Balaban J connectivity index is 2.01. The fourth-order valence-corrected chi connectivity index (χ4v) is 3.56. The van der Waals surface area contributed by atoms with Crippen molar-refractivity contribution >= 4 is 6.47 Å². The molecule has 1 aliphatic carbocycles. The largest absolute Gasteiger partial charge is 0.429 e. The molecule has 2 heteroatoms. The predicted molar refractivity (Wildman–Crippen MR) is 83.4 cm³/mol. The monoisotopic (exact) mass is 280 g/mol. The van der Waals surface area contributed by atoms with E-state index in [0.29, 0.717) is 12.2 Å². The molecule has 0 N–H and O–H groups in total. The molecule has 1 saturated carbocycles. The molecule has 0 spiro atoms. The summed E-state index contributed by atoms with van der Waals surface area (Å²) in [6, 6.07) is 18.8. The minimum absolute atomic E-state index is 0.110. The number of rotatable bonds is 4. The third-order valence-corrected chi connectivity index (χ3v) is 4.62. The Morgan fingerprint density at radius 2 is 1.43 bits per heavy atom. The lowest BCUT2D eigenvalue weighted by atomic mass is 9.65. The van der Waals surface area contributed by atoms with Crippen molar-refractivity contribution in [1.29, 1.82) is 0 Å². The summed E-state index contributed by atoms with van der Waals surface area (Å²) < 4.78 is 4.91. The summed E-state index contributed by atoms with van der Waals surface area (Å²) in [4.78, 5) is 10.4. The standard InChI is InChI=1S/C19H20O2/c20-15-21-18-11-9-17(10-12-18)19(13-5-2-6-14-19)16-7-3-1-4-8-16/h1,3-4,7-12,15H,2,5-6,13-14H2. The van der Waals surface area contributed by atoms with Crippen LogP contribution in [0.1, 0.15) is 43.2 Å². The molecule has 2 nitrogen and oxygen atoms in total. The van der Waals surface area contributed by atoms with Crippen molar-refractivity contribution in [2.75, 3.05) is 0 Å². The summed E-state index contributed by atoms with van der Waals surface area (Å²) in [5, 5.41) is 0. The first kappa shape index (κ1) is 13.9. The molecule has 0 saturated heterocycles. The van der Waals surface area contributed by atoms with Crippen LogP contribution in [0.4, 0.5) is 0 Å². The van der Waals surface area contributed by atoms with Gasteiger partial charge in [0.05, 0.1) is 0 Å². The molecule has 0 atom stereocenters. The number of ether oxygens (including phenoxy) is 1. The van der Waals surface area contributed by atoms with E-state index >= 15 is 0 Å². The highest BCUT2D eigenvalue weighted by Crippen LogP contribution is 2.45. The Kier molecular flexibility index (Phi) is 4.05. The van der Waals surface area contributed by atoms with Crippen molar-refractivity contribution in [3.63, 3.8) is 0 Å². The molecule has 1 fully saturated rings. The number of carbonyl (C=O) groups excluding carboxylic acids is 1. The molecule has 0 radical (unpaired) electrons. The summed E-state index contributed by atoms with van der Waals surface area (Å²) in [6.07, 6.45) is 6.22. The van der Waals surface area contributed by atoms with E-state index < -0.39 is 0 Å². The van der Waals surface area contributed by atoms with E-state index in [1.165, 1.54) is 43.2 Å².